The Morgan fingerprint density at radius 3 is 2.24 bits per heavy atom. The van der Waals surface area contributed by atoms with Crippen molar-refractivity contribution < 1.29 is 9.59 Å². The summed E-state index contributed by atoms with van der Waals surface area (Å²) in [5.41, 5.74) is 3.99. The first-order valence-corrected chi connectivity index (χ1v) is 10.9. The molecule has 4 aromatic rings. The second-order valence-corrected chi connectivity index (χ2v) is 8.02. The number of nitrogens with one attached hydrogen (secondary N) is 1. The van der Waals surface area contributed by atoms with Gasteiger partial charge in [0.05, 0.1) is 17.9 Å². The van der Waals surface area contributed by atoms with Gasteiger partial charge in [0, 0.05) is 41.5 Å². The fourth-order valence-electron chi connectivity index (χ4n) is 3.42. The second-order valence-electron chi connectivity index (χ2n) is 7.59. The van der Waals surface area contributed by atoms with Crippen molar-refractivity contribution in [2.75, 3.05) is 13.6 Å². The second kappa shape index (κ2) is 10.1. The van der Waals surface area contributed by atoms with Crippen molar-refractivity contribution in [3.8, 4) is 16.9 Å². The summed E-state index contributed by atoms with van der Waals surface area (Å²) < 4.78 is 1.80. The molecule has 33 heavy (non-hydrogen) atoms. The summed E-state index contributed by atoms with van der Waals surface area (Å²) in [5.74, 6) is -0.482. The highest BCUT2D eigenvalue weighted by Crippen LogP contribution is 2.26. The molecule has 3 aromatic carbocycles. The van der Waals surface area contributed by atoms with Crippen LogP contribution in [-0.4, -0.2) is 40.1 Å². The Balaban J connectivity index is 1.52. The number of halogens is 1. The molecule has 0 aliphatic rings. The van der Waals surface area contributed by atoms with E-state index in [1.165, 1.54) is 0 Å². The van der Waals surface area contributed by atoms with Gasteiger partial charge in [0.15, 0.2) is 0 Å². The molecule has 0 bridgehead atoms. The number of rotatable bonds is 7. The summed E-state index contributed by atoms with van der Waals surface area (Å²) >= 11 is 6.06. The van der Waals surface area contributed by atoms with E-state index in [1.807, 2.05) is 66.9 Å². The lowest BCUT2D eigenvalue weighted by Crippen LogP contribution is -2.37. The van der Waals surface area contributed by atoms with Gasteiger partial charge in [-0.15, -0.1) is 0 Å². The first-order chi connectivity index (χ1) is 16.0. The molecule has 6 nitrogen and oxygen atoms in total. The van der Waals surface area contributed by atoms with Crippen molar-refractivity contribution in [1.82, 2.24) is 20.0 Å². The molecule has 7 heteroatoms. The number of likely N-dealkylation sites (N-methyl/N-ethyl adjacent to an activating group) is 1. The number of carbonyl (C=O) groups excluding carboxylic acids is 2. The van der Waals surface area contributed by atoms with E-state index in [2.05, 4.69) is 5.32 Å². The SMILES string of the molecule is CN(Cc1cn(-c2ccccc2)nc1-c1ccc(Cl)cc1)C(=O)CNC(=O)c1ccccc1. The number of para-hydroxylation sites is 1. The fourth-order valence-corrected chi connectivity index (χ4v) is 3.54. The lowest BCUT2D eigenvalue weighted by Gasteiger charge is -2.17. The van der Waals surface area contributed by atoms with Crippen LogP contribution in [0.3, 0.4) is 0 Å². The maximum Gasteiger partial charge on any atom is 0.251 e. The maximum absolute atomic E-state index is 12.7. The molecule has 1 heterocycles. The monoisotopic (exact) mass is 458 g/mol. The van der Waals surface area contributed by atoms with Crippen LogP contribution < -0.4 is 5.32 Å². The molecule has 0 aliphatic heterocycles. The van der Waals surface area contributed by atoms with E-state index in [4.69, 9.17) is 16.7 Å². The van der Waals surface area contributed by atoms with Crippen LogP contribution in [0.2, 0.25) is 5.02 Å². The molecule has 4 rings (SSSR count). The number of nitrogens with zero attached hydrogens (tertiary/aromatic N) is 3. The standard InChI is InChI=1S/C26H23ClN4O2/c1-30(24(32)16-28-26(33)20-8-4-2-5-9-20)17-21-18-31(23-10-6-3-7-11-23)29-25(21)19-12-14-22(27)15-13-19/h2-15,18H,16-17H2,1H3,(H,28,33). The lowest BCUT2D eigenvalue weighted by molar-refractivity contribution is -0.129. The van der Waals surface area contributed by atoms with Crippen LogP contribution in [0.15, 0.2) is 91.1 Å². The van der Waals surface area contributed by atoms with Crippen molar-refractivity contribution in [2.45, 2.75) is 6.54 Å². The van der Waals surface area contributed by atoms with Crippen LogP contribution in [0.5, 0.6) is 0 Å². The minimum absolute atomic E-state index is 0.0900. The number of aromatic nitrogens is 2. The van der Waals surface area contributed by atoms with Crippen LogP contribution in [-0.2, 0) is 11.3 Å². The normalized spacial score (nSPS) is 10.6. The Morgan fingerprint density at radius 2 is 1.58 bits per heavy atom. The molecule has 0 saturated carbocycles. The zero-order valence-electron chi connectivity index (χ0n) is 18.1. The zero-order valence-corrected chi connectivity index (χ0v) is 18.9. The molecule has 0 radical (unpaired) electrons. The predicted molar refractivity (Wildman–Crippen MR) is 129 cm³/mol. The summed E-state index contributed by atoms with van der Waals surface area (Å²) in [6, 6.07) is 26.0. The van der Waals surface area contributed by atoms with E-state index in [1.54, 1.807) is 40.9 Å². The third-order valence-electron chi connectivity index (χ3n) is 5.20. The van der Waals surface area contributed by atoms with E-state index in [-0.39, 0.29) is 18.4 Å². The molecule has 0 atom stereocenters. The summed E-state index contributed by atoms with van der Waals surface area (Å²) in [5, 5.41) is 8.10. The molecule has 0 aliphatic carbocycles. The molecule has 1 N–H and O–H groups in total. The quantitative estimate of drug-likeness (QED) is 0.440. The van der Waals surface area contributed by atoms with Gasteiger partial charge >= 0.3 is 0 Å². The van der Waals surface area contributed by atoms with E-state index < -0.39 is 0 Å². The largest absolute Gasteiger partial charge is 0.343 e. The van der Waals surface area contributed by atoms with Crippen LogP contribution >= 0.6 is 11.6 Å². The first-order valence-electron chi connectivity index (χ1n) is 10.5. The van der Waals surface area contributed by atoms with Gasteiger partial charge in [-0.05, 0) is 36.4 Å². The summed E-state index contributed by atoms with van der Waals surface area (Å²) in [4.78, 5) is 26.6. The highest BCUT2D eigenvalue weighted by Gasteiger charge is 2.17. The summed E-state index contributed by atoms with van der Waals surface area (Å²) in [6.45, 7) is 0.248. The third kappa shape index (κ3) is 5.48. The smallest absolute Gasteiger partial charge is 0.251 e. The van der Waals surface area contributed by atoms with Crippen molar-refractivity contribution in [2.24, 2.45) is 0 Å². The number of carbonyl (C=O) groups is 2. The first kappa shape index (κ1) is 22.3. The number of hydrogen-bond donors (Lipinski definition) is 1. The minimum atomic E-state index is -0.281. The average Bonchev–Trinajstić information content (AvgIpc) is 3.27. The fraction of sp³-hybridized carbons (Fsp3) is 0.115. The average molecular weight is 459 g/mol. The molecule has 2 amide bonds. The van der Waals surface area contributed by atoms with Crippen molar-refractivity contribution in [1.29, 1.82) is 0 Å². The Labute approximate surface area is 197 Å². The summed E-state index contributed by atoms with van der Waals surface area (Å²) in [6.07, 6.45) is 1.92. The minimum Gasteiger partial charge on any atom is -0.343 e. The number of benzene rings is 3. The van der Waals surface area contributed by atoms with Crippen LogP contribution in [0.1, 0.15) is 15.9 Å². The molecular formula is C26H23ClN4O2. The highest BCUT2D eigenvalue weighted by molar-refractivity contribution is 6.30. The zero-order chi connectivity index (χ0) is 23.2. The van der Waals surface area contributed by atoms with E-state index in [9.17, 15) is 9.59 Å². The maximum atomic E-state index is 12.7. The van der Waals surface area contributed by atoms with Gasteiger partial charge in [0.25, 0.3) is 5.91 Å². The number of amides is 2. The molecule has 0 saturated heterocycles. The van der Waals surface area contributed by atoms with Gasteiger partial charge in [0.1, 0.15) is 0 Å². The van der Waals surface area contributed by atoms with Crippen molar-refractivity contribution in [3.63, 3.8) is 0 Å². The van der Waals surface area contributed by atoms with Gasteiger partial charge < -0.3 is 10.2 Å². The Kier molecular flexibility index (Phi) is 6.86. The van der Waals surface area contributed by atoms with Crippen molar-refractivity contribution >= 4 is 23.4 Å². The van der Waals surface area contributed by atoms with Gasteiger partial charge in [-0.25, -0.2) is 4.68 Å². The van der Waals surface area contributed by atoms with Crippen LogP contribution in [0, 0.1) is 0 Å². The molecule has 0 fully saturated rings. The van der Waals surface area contributed by atoms with E-state index >= 15 is 0 Å². The topological polar surface area (TPSA) is 67.2 Å². The van der Waals surface area contributed by atoms with Crippen LogP contribution in [0.4, 0.5) is 0 Å². The van der Waals surface area contributed by atoms with E-state index in [0.717, 1.165) is 22.5 Å². The predicted octanol–water partition coefficient (Wildman–Crippen LogP) is 4.58. The summed E-state index contributed by atoms with van der Waals surface area (Å²) in [7, 11) is 1.71. The molecular weight excluding hydrogens is 436 g/mol. The Morgan fingerprint density at radius 1 is 0.939 bits per heavy atom. The van der Waals surface area contributed by atoms with E-state index in [0.29, 0.717) is 17.1 Å². The third-order valence-corrected chi connectivity index (χ3v) is 5.45. The van der Waals surface area contributed by atoms with Gasteiger partial charge in [-0.3, -0.25) is 9.59 Å². The van der Waals surface area contributed by atoms with Gasteiger partial charge in [-0.1, -0.05) is 60.1 Å². The lowest BCUT2D eigenvalue weighted by atomic mass is 10.1. The molecule has 1 aromatic heterocycles. The molecule has 0 spiro atoms. The highest BCUT2D eigenvalue weighted by atomic mass is 35.5. The Bertz CT molecular complexity index is 1240. The molecule has 0 unspecified atom stereocenters. The molecule has 166 valence electrons. The van der Waals surface area contributed by atoms with Gasteiger partial charge in [-0.2, -0.15) is 5.10 Å². The number of hydrogen-bond acceptors (Lipinski definition) is 3. The van der Waals surface area contributed by atoms with Gasteiger partial charge in [0.2, 0.25) is 5.91 Å². The van der Waals surface area contributed by atoms with Crippen LogP contribution in [0.25, 0.3) is 16.9 Å². The Hall–Kier alpha value is -3.90. The van der Waals surface area contributed by atoms with Crippen molar-refractivity contribution in [3.05, 3.63) is 107 Å².